The Morgan fingerprint density at radius 1 is 1.00 bits per heavy atom. The van der Waals surface area contributed by atoms with Gasteiger partial charge in [0.2, 0.25) is 0 Å². The van der Waals surface area contributed by atoms with E-state index in [1.165, 1.54) is 75.1 Å². The summed E-state index contributed by atoms with van der Waals surface area (Å²) in [7, 11) is 0. The summed E-state index contributed by atoms with van der Waals surface area (Å²) < 4.78 is 0. The van der Waals surface area contributed by atoms with E-state index in [-0.39, 0.29) is 0 Å². The standard InChI is InChI=1S/C20H28ClNS/c1-2-18-13-14-19(20(21)16-18)12-10-8-6-4-3-5-7-9-11-15-23-17-22/h2,13-14,16H,1,3-12,15H2. The lowest BCUT2D eigenvalue weighted by molar-refractivity contribution is 0.566. The van der Waals surface area contributed by atoms with Gasteiger partial charge in [-0.3, -0.25) is 0 Å². The average molecular weight is 350 g/mol. The Labute approximate surface area is 151 Å². The molecule has 126 valence electrons. The number of hydrogen-bond donors (Lipinski definition) is 0. The molecule has 0 radical (unpaired) electrons. The molecular formula is C20H28ClNS. The molecule has 0 aliphatic heterocycles. The Bertz CT molecular complexity index is 493. The van der Waals surface area contributed by atoms with E-state index in [1.807, 2.05) is 12.1 Å². The fraction of sp³-hybridized carbons (Fsp3) is 0.550. The molecule has 0 bridgehead atoms. The molecule has 0 aliphatic rings. The van der Waals surface area contributed by atoms with E-state index < -0.39 is 0 Å². The highest BCUT2D eigenvalue weighted by molar-refractivity contribution is 8.03. The van der Waals surface area contributed by atoms with Crippen molar-refractivity contribution in [2.24, 2.45) is 0 Å². The quantitative estimate of drug-likeness (QED) is 0.276. The normalized spacial score (nSPS) is 10.4. The summed E-state index contributed by atoms with van der Waals surface area (Å²) in [6.07, 6.45) is 14.5. The topological polar surface area (TPSA) is 23.8 Å². The van der Waals surface area contributed by atoms with Gasteiger partial charge in [0.1, 0.15) is 5.40 Å². The van der Waals surface area contributed by atoms with E-state index in [2.05, 4.69) is 24.1 Å². The van der Waals surface area contributed by atoms with Crippen LogP contribution in [-0.4, -0.2) is 5.75 Å². The smallest absolute Gasteiger partial charge is 0.133 e. The van der Waals surface area contributed by atoms with Gasteiger partial charge < -0.3 is 0 Å². The van der Waals surface area contributed by atoms with Crippen LogP contribution in [0.25, 0.3) is 6.08 Å². The summed E-state index contributed by atoms with van der Waals surface area (Å²) in [4.78, 5) is 0. The fourth-order valence-corrected chi connectivity index (χ4v) is 3.39. The van der Waals surface area contributed by atoms with E-state index in [1.54, 1.807) is 0 Å². The lowest BCUT2D eigenvalue weighted by Crippen LogP contribution is -1.89. The van der Waals surface area contributed by atoms with Gasteiger partial charge in [0.25, 0.3) is 0 Å². The molecule has 0 N–H and O–H groups in total. The number of thioether (sulfide) groups is 1. The monoisotopic (exact) mass is 349 g/mol. The number of halogens is 1. The minimum Gasteiger partial charge on any atom is -0.185 e. The van der Waals surface area contributed by atoms with Crippen LogP contribution in [0.2, 0.25) is 5.02 Å². The first kappa shape index (κ1) is 20.1. The van der Waals surface area contributed by atoms with Gasteiger partial charge in [-0.2, -0.15) is 5.26 Å². The Morgan fingerprint density at radius 3 is 2.17 bits per heavy atom. The van der Waals surface area contributed by atoms with Gasteiger partial charge in [0.15, 0.2) is 0 Å². The first-order chi connectivity index (χ1) is 11.3. The molecule has 0 fully saturated rings. The second kappa shape index (κ2) is 13.5. The van der Waals surface area contributed by atoms with E-state index >= 15 is 0 Å². The van der Waals surface area contributed by atoms with Gasteiger partial charge >= 0.3 is 0 Å². The Balaban J connectivity index is 1.96. The second-order valence-electron chi connectivity index (χ2n) is 5.93. The van der Waals surface area contributed by atoms with Crippen LogP contribution in [0, 0.1) is 10.7 Å². The number of benzene rings is 1. The van der Waals surface area contributed by atoms with Crippen molar-refractivity contribution < 1.29 is 0 Å². The molecule has 1 aromatic carbocycles. The lowest BCUT2D eigenvalue weighted by Gasteiger charge is -2.06. The predicted molar refractivity (Wildman–Crippen MR) is 105 cm³/mol. The number of hydrogen-bond acceptors (Lipinski definition) is 2. The van der Waals surface area contributed by atoms with Crippen LogP contribution in [0.1, 0.15) is 68.9 Å². The molecular weight excluding hydrogens is 322 g/mol. The molecule has 0 aromatic heterocycles. The van der Waals surface area contributed by atoms with E-state index in [0.29, 0.717) is 0 Å². The molecule has 0 heterocycles. The van der Waals surface area contributed by atoms with Gasteiger partial charge in [-0.1, -0.05) is 81.3 Å². The molecule has 0 spiro atoms. The molecule has 0 amide bonds. The van der Waals surface area contributed by atoms with Gasteiger partial charge in [-0.15, -0.1) is 0 Å². The number of nitrogens with zero attached hydrogens (tertiary/aromatic N) is 1. The van der Waals surface area contributed by atoms with E-state index in [9.17, 15) is 0 Å². The zero-order chi connectivity index (χ0) is 16.8. The zero-order valence-electron chi connectivity index (χ0n) is 14.0. The molecule has 23 heavy (non-hydrogen) atoms. The van der Waals surface area contributed by atoms with Crippen molar-refractivity contribution in [2.75, 3.05) is 5.75 Å². The number of unbranched alkanes of at least 4 members (excludes halogenated alkanes) is 8. The highest BCUT2D eigenvalue weighted by Crippen LogP contribution is 2.21. The summed E-state index contributed by atoms with van der Waals surface area (Å²) >= 11 is 7.66. The van der Waals surface area contributed by atoms with Gasteiger partial charge in [0, 0.05) is 10.8 Å². The van der Waals surface area contributed by atoms with Crippen LogP contribution in [0.4, 0.5) is 0 Å². The lowest BCUT2D eigenvalue weighted by atomic mass is 10.0. The second-order valence-corrected chi connectivity index (χ2v) is 7.21. The minimum absolute atomic E-state index is 0.872. The average Bonchev–Trinajstić information content (AvgIpc) is 2.57. The van der Waals surface area contributed by atoms with Crippen molar-refractivity contribution in [3.8, 4) is 5.40 Å². The number of rotatable bonds is 13. The summed E-state index contributed by atoms with van der Waals surface area (Å²) in [6, 6.07) is 6.21. The third-order valence-electron chi connectivity index (χ3n) is 4.07. The maximum atomic E-state index is 8.42. The van der Waals surface area contributed by atoms with Gasteiger partial charge in [-0.25, -0.2) is 0 Å². The van der Waals surface area contributed by atoms with E-state index in [0.717, 1.165) is 22.8 Å². The highest BCUT2D eigenvalue weighted by Gasteiger charge is 2.01. The fourth-order valence-electron chi connectivity index (χ4n) is 2.67. The zero-order valence-corrected chi connectivity index (χ0v) is 15.6. The van der Waals surface area contributed by atoms with Crippen molar-refractivity contribution in [3.63, 3.8) is 0 Å². The Kier molecular flexibility index (Phi) is 11.8. The van der Waals surface area contributed by atoms with E-state index in [4.69, 9.17) is 16.9 Å². The number of thiocyanates is 1. The molecule has 0 unspecified atom stereocenters. The maximum Gasteiger partial charge on any atom is 0.133 e. The van der Waals surface area contributed by atoms with Crippen LogP contribution < -0.4 is 0 Å². The molecule has 1 nitrogen and oxygen atoms in total. The summed E-state index contributed by atoms with van der Waals surface area (Å²) in [6.45, 7) is 3.76. The molecule has 1 rings (SSSR count). The van der Waals surface area contributed by atoms with Crippen molar-refractivity contribution >= 4 is 29.4 Å². The number of nitriles is 1. The van der Waals surface area contributed by atoms with Crippen LogP contribution in [-0.2, 0) is 6.42 Å². The van der Waals surface area contributed by atoms with Gasteiger partial charge in [0.05, 0.1) is 0 Å². The van der Waals surface area contributed by atoms with Crippen LogP contribution >= 0.6 is 23.4 Å². The molecule has 3 heteroatoms. The summed E-state index contributed by atoms with van der Waals surface area (Å²) in [5.74, 6) is 0.993. The molecule has 1 aromatic rings. The maximum absolute atomic E-state index is 8.42. The predicted octanol–water partition coefficient (Wildman–Crippen LogP) is 7.25. The first-order valence-corrected chi connectivity index (χ1v) is 10.1. The largest absolute Gasteiger partial charge is 0.185 e. The van der Waals surface area contributed by atoms with Crippen LogP contribution in [0.15, 0.2) is 24.8 Å². The van der Waals surface area contributed by atoms with Crippen molar-refractivity contribution in [3.05, 3.63) is 40.9 Å². The highest BCUT2D eigenvalue weighted by atomic mass is 35.5. The number of aryl methyl sites for hydroxylation is 1. The Hall–Kier alpha value is -0.910. The SMILES string of the molecule is C=Cc1ccc(CCCCCCCCCCCSC#N)c(Cl)c1. The van der Waals surface area contributed by atoms with Gasteiger partial charge in [-0.05, 0) is 48.2 Å². The Morgan fingerprint density at radius 2 is 1.61 bits per heavy atom. The molecule has 0 atom stereocenters. The third-order valence-corrected chi connectivity index (χ3v) is 5.04. The molecule has 0 saturated carbocycles. The third kappa shape index (κ3) is 9.74. The molecule has 0 aliphatic carbocycles. The molecule has 0 saturated heterocycles. The summed E-state index contributed by atoms with van der Waals surface area (Å²) in [5.41, 5.74) is 2.34. The first-order valence-electron chi connectivity index (χ1n) is 8.69. The summed E-state index contributed by atoms with van der Waals surface area (Å²) in [5, 5.41) is 11.4. The van der Waals surface area contributed by atoms with Crippen molar-refractivity contribution in [2.45, 2.75) is 64.2 Å². The van der Waals surface area contributed by atoms with Crippen molar-refractivity contribution in [1.29, 1.82) is 5.26 Å². The van der Waals surface area contributed by atoms with Crippen molar-refractivity contribution in [1.82, 2.24) is 0 Å². The van der Waals surface area contributed by atoms with Crippen LogP contribution in [0.3, 0.4) is 0 Å². The minimum atomic E-state index is 0.872. The van der Waals surface area contributed by atoms with Crippen LogP contribution in [0.5, 0.6) is 0 Å².